The molecule has 100 valence electrons. The van der Waals surface area contributed by atoms with Crippen LogP contribution in [-0.2, 0) is 11.3 Å². The molecule has 2 aromatic heterocycles. The van der Waals surface area contributed by atoms with Crippen LogP contribution in [0.4, 0.5) is 0 Å². The smallest absolute Gasteiger partial charge is 0.220 e. The molecule has 1 amide bonds. The van der Waals surface area contributed by atoms with Crippen LogP contribution < -0.4 is 10.1 Å². The van der Waals surface area contributed by atoms with Crippen molar-refractivity contribution in [3.63, 3.8) is 0 Å². The molecule has 2 aromatic rings. The molecule has 0 aromatic carbocycles. The van der Waals surface area contributed by atoms with Crippen LogP contribution >= 0.6 is 11.3 Å². The Hall–Kier alpha value is -1.95. The highest BCUT2D eigenvalue weighted by Gasteiger charge is 2.02. The fourth-order valence-electron chi connectivity index (χ4n) is 1.46. The molecule has 0 saturated carbocycles. The summed E-state index contributed by atoms with van der Waals surface area (Å²) in [7, 11) is 0. The molecular weight excluding hydrogens is 262 g/mol. The molecule has 0 saturated heterocycles. The number of hydrogen-bond acceptors (Lipinski definition) is 5. The predicted molar refractivity (Wildman–Crippen MR) is 72.9 cm³/mol. The summed E-state index contributed by atoms with van der Waals surface area (Å²) in [5.74, 6) is 0.746. The van der Waals surface area contributed by atoms with E-state index in [-0.39, 0.29) is 5.91 Å². The van der Waals surface area contributed by atoms with Crippen LogP contribution in [0, 0.1) is 0 Å². The first-order chi connectivity index (χ1) is 9.34. The van der Waals surface area contributed by atoms with E-state index < -0.39 is 0 Å². The Morgan fingerprint density at radius 2 is 2.37 bits per heavy atom. The number of hydrogen-bond donors (Lipinski definition) is 1. The van der Waals surface area contributed by atoms with Crippen molar-refractivity contribution in [2.45, 2.75) is 19.4 Å². The summed E-state index contributed by atoms with van der Waals surface area (Å²) in [6.07, 6.45) is 6.21. The van der Waals surface area contributed by atoms with Crippen molar-refractivity contribution in [1.82, 2.24) is 15.3 Å². The Morgan fingerprint density at radius 3 is 3.11 bits per heavy atom. The number of carbonyl (C=O) groups is 1. The molecule has 2 heterocycles. The van der Waals surface area contributed by atoms with E-state index in [1.165, 1.54) is 11.3 Å². The number of pyridine rings is 1. The van der Waals surface area contributed by atoms with Gasteiger partial charge in [0.25, 0.3) is 0 Å². The first-order valence-corrected chi connectivity index (χ1v) is 6.90. The number of rotatable bonds is 7. The van der Waals surface area contributed by atoms with Crippen molar-refractivity contribution >= 4 is 17.2 Å². The Labute approximate surface area is 115 Å². The van der Waals surface area contributed by atoms with Gasteiger partial charge in [-0.15, -0.1) is 11.3 Å². The molecule has 0 bridgehead atoms. The second-order valence-electron chi connectivity index (χ2n) is 3.84. The van der Waals surface area contributed by atoms with Gasteiger partial charge >= 0.3 is 0 Å². The zero-order valence-electron chi connectivity index (χ0n) is 10.4. The highest BCUT2D eigenvalue weighted by atomic mass is 32.1. The summed E-state index contributed by atoms with van der Waals surface area (Å²) in [5, 5.41) is 5.63. The van der Waals surface area contributed by atoms with Gasteiger partial charge in [-0.3, -0.25) is 9.78 Å². The molecule has 0 spiro atoms. The van der Waals surface area contributed by atoms with Gasteiger partial charge in [-0.25, -0.2) is 4.98 Å². The van der Waals surface area contributed by atoms with Gasteiger partial charge in [0.1, 0.15) is 10.8 Å². The third-order valence-electron chi connectivity index (χ3n) is 2.37. The summed E-state index contributed by atoms with van der Waals surface area (Å²) in [5.41, 5.74) is 0. The number of amides is 1. The molecular formula is C13H15N3O2S. The molecule has 1 N–H and O–H groups in total. The van der Waals surface area contributed by atoms with Gasteiger partial charge in [-0.05, 0) is 18.6 Å². The molecule has 5 nitrogen and oxygen atoms in total. The maximum absolute atomic E-state index is 11.5. The van der Waals surface area contributed by atoms with Crippen LogP contribution in [0.25, 0.3) is 0 Å². The SMILES string of the molecule is O=C(CCCOc1cccnc1)NCc1nccs1. The van der Waals surface area contributed by atoms with Gasteiger partial charge in [-0.2, -0.15) is 0 Å². The second kappa shape index (κ2) is 7.48. The van der Waals surface area contributed by atoms with Gasteiger partial charge < -0.3 is 10.1 Å². The molecule has 0 aliphatic carbocycles. The summed E-state index contributed by atoms with van der Waals surface area (Å²) in [6, 6.07) is 3.66. The van der Waals surface area contributed by atoms with Crippen molar-refractivity contribution in [1.29, 1.82) is 0 Å². The molecule has 0 radical (unpaired) electrons. The van der Waals surface area contributed by atoms with Gasteiger partial charge in [0, 0.05) is 24.2 Å². The Kier molecular flexibility index (Phi) is 5.31. The van der Waals surface area contributed by atoms with E-state index in [1.807, 2.05) is 17.5 Å². The van der Waals surface area contributed by atoms with Crippen molar-refractivity contribution in [2.24, 2.45) is 0 Å². The van der Waals surface area contributed by atoms with Crippen molar-refractivity contribution in [2.75, 3.05) is 6.61 Å². The van der Waals surface area contributed by atoms with Gasteiger partial charge in [0.2, 0.25) is 5.91 Å². The molecule has 0 fully saturated rings. The Balaban J connectivity index is 1.57. The molecule has 6 heteroatoms. The largest absolute Gasteiger partial charge is 0.492 e. The molecule has 0 aliphatic heterocycles. The van der Waals surface area contributed by atoms with E-state index in [0.717, 1.165) is 10.8 Å². The highest BCUT2D eigenvalue weighted by molar-refractivity contribution is 7.09. The Morgan fingerprint density at radius 1 is 1.42 bits per heavy atom. The van der Waals surface area contributed by atoms with E-state index in [0.29, 0.717) is 26.0 Å². The van der Waals surface area contributed by atoms with Crippen LogP contribution in [0.3, 0.4) is 0 Å². The number of ether oxygens (including phenoxy) is 1. The minimum Gasteiger partial charge on any atom is -0.492 e. The van der Waals surface area contributed by atoms with E-state index in [2.05, 4.69) is 15.3 Å². The third kappa shape index (κ3) is 5.05. The number of carbonyl (C=O) groups excluding carboxylic acids is 1. The fourth-order valence-corrected chi connectivity index (χ4v) is 2.01. The minimum atomic E-state index is 0.0185. The molecule has 0 aliphatic rings. The first-order valence-electron chi connectivity index (χ1n) is 6.02. The van der Waals surface area contributed by atoms with Gasteiger partial charge in [-0.1, -0.05) is 0 Å². The number of thiazole rings is 1. The zero-order chi connectivity index (χ0) is 13.3. The van der Waals surface area contributed by atoms with Crippen LogP contribution in [-0.4, -0.2) is 22.5 Å². The standard InChI is InChI=1S/C13H15N3O2S/c17-12(16-10-13-15-6-8-19-13)4-2-7-18-11-3-1-5-14-9-11/h1,3,5-6,8-9H,2,4,7,10H2,(H,16,17). The van der Waals surface area contributed by atoms with Crippen molar-refractivity contribution < 1.29 is 9.53 Å². The van der Waals surface area contributed by atoms with Gasteiger partial charge in [0.15, 0.2) is 0 Å². The molecule has 19 heavy (non-hydrogen) atoms. The number of aromatic nitrogens is 2. The summed E-state index contributed by atoms with van der Waals surface area (Å²) >= 11 is 1.53. The molecule has 0 atom stereocenters. The summed E-state index contributed by atoms with van der Waals surface area (Å²) in [6.45, 7) is 1.01. The predicted octanol–water partition coefficient (Wildman–Crippen LogP) is 2.01. The topological polar surface area (TPSA) is 64.1 Å². The van der Waals surface area contributed by atoms with Crippen LogP contribution in [0.2, 0.25) is 0 Å². The number of nitrogens with one attached hydrogen (secondary N) is 1. The summed E-state index contributed by atoms with van der Waals surface area (Å²) < 4.78 is 5.45. The van der Waals surface area contributed by atoms with Crippen LogP contribution in [0.1, 0.15) is 17.8 Å². The lowest BCUT2D eigenvalue weighted by molar-refractivity contribution is -0.121. The van der Waals surface area contributed by atoms with E-state index in [4.69, 9.17) is 4.74 Å². The van der Waals surface area contributed by atoms with Crippen molar-refractivity contribution in [3.05, 3.63) is 41.1 Å². The average Bonchev–Trinajstić information content (AvgIpc) is 2.96. The maximum atomic E-state index is 11.5. The number of nitrogens with zero attached hydrogens (tertiary/aromatic N) is 2. The average molecular weight is 277 g/mol. The van der Waals surface area contributed by atoms with E-state index >= 15 is 0 Å². The van der Waals surface area contributed by atoms with Crippen molar-refractivity contribution in [3.8, 4) is 5.75 Å². The Bertz CT molecular complexity index is 488. The van der Waals surface area contributed by atoms with Gasteiger partial charge in [0.05, 0.1) is 19.3 Å². The monoisotopic (exact) mass is 277 g/mol. The normalized spacial score (nSPS) is 10.1. The zero-order valence-corrected chi connectivity index (χ0v) is 11.2. The summed E-state index contributed by atoms with van der Waals surface area (Å²) in [4.78, 5) is 19.6. The van der Waals surface area contributed by atoms with E-state index in [9.17, 15) is 4.79 Å². The molecule has 0 unspecified atom stereocenters. The van der Waals surface area contributed by atoms with Crippen LogP contribution in [0.15, 0.2) is 36.1 Å². The lowest BCUT2D eigenvalue weighted by Gasteiger charge is -2.05. The third-order valence-corrected chi connectivity index (χ3v) is 3.15. The minimum absolute atomic E-state index is 0.0185. The lowest BCUT2D eigenvalue weighted by Crippen LogP contribution is -2.22. The van der Waals surface area contributed by atoms with Crippen LogP contribution in [0.5, 0.6) is 5.75 Å². The highest BCUT2D eigenvalue weighted by Crippen LogP contribution is 2.07. The maximum Gasteiger partial charge on any atom is 0.220 e. The first kappa shape index (κ1) is 13.5. The lowest BCUT2D eigenvalue weighted by atomic mass is 10.3. The molecule has 2 rings (SSSR count). The van der Waals surface area contributed by atoms with E-state index in [1.54, 1.807) is 18.6 Å². The second-order valence-corrected chi connectivity index (χ2v) is 4.82. The quantitative estimate of drug-likeness (QED) is 0.786. The fraction of sp³-hybridized carbons (Fsp3) is 0.308.